The van der Waals surface area contributed by atoms with Crippen molar-refractivity contribution in [1.82, 2.24) is 10.6 Å². The summed E-state index contributed by atoms with van der Waals surface area (Å²) in [5.74, 6) is 0.276. The monoisotopic (exact) mass is 618 g/mol. The molecule has 230 valence electrons. The molecule has 0 unspecified atom stereocenters. The molecule has 4 aromatic rings. The fourth-order valence-electron chi connectivity index (χ4n) is 4.27. The first-order valence-electron chi connectivity index (χ1n) is 13.9. The molecule has 0 fully saturated rings. The van der Waals surface area contributed by atoms with Gasteiger partial charge in [0.1, 0.15) is 29.3 Å². The number of hydrogen-bond donors (Lipinski definition) is 3. The third kappa shape index (κ3) is 9.62. The van der Waals surface area contributed by atoms with Crippen LogP contribution in [0.15, 0.2) is 103 Å². The van der Waals surface area contributed by atoms with E-state index in [4.69, 9.17) is 23.6 Å². The second kappa shape index (κ2) is 15.6. The van der Waals surface area contributed by atoms with Gasteiger partial charge in [-0.3, -0.25) is 14.9 Å². The molecule has 11 heteroatoms. The molecule has 0 aliphatic rings. The summed E-state index contributed by atoms with van der Waals surface area (Å²) in [6.07, 6.45) is -0.326. The number of ether oxygens (including phenoxy) is 2. The minimum atomic E-state index is -3.96. The fourth-order valence-corrected chi connectivity index (χ4v) is 5.77. The zero-order chi connectivity index (χ0) is 31.4. The van der Waals surface area contributed by atoms with Crippen LogP contribution >= 0.6 is 7.60 Å². The highest BCUT2D eigenvalue weighted by Crippen LogP contribution is 2.48. The van der Waals surface area contributed by atoms with Crippen molar-refractivity contribution in [2.45, 2.75) is 18.9 Å². The maximum atomic E-state index is 14.2. The van der Waals surface area contributed by atoms with Crippen LogP contribution in [0, 0.1) is 0 Å². The van der Waals surface area contributed by atoms with Gasteiger partial charge in [-0.25, -0.2) is 4.57 Å². The predicted octanol–water partition coefficient (Wildman–Crippen LogP) is 5.77. The van der Waals surface area contributed by atoms with Crippen LogP contribution in [-0.2, 0) is 20.6 Å². The Morgan fingerprint density at radius 3 is 1.73 bits per heavy atom. The van der Waals surface area contributed by atoms with Crippen molar-refractivity contribution in [2.75, 3.05) is 27.1 Å². The summed E-state index contributed by atoms with van der Waals surface area (Å²) in [6.45, 7) is -0.0539. The first kappa shape index (κ1) is 32.1. The number of aliphatic carboxylic acids is 1. The van der Waals surface area contributed by atoms with Gasteiger partial charge in [-0.05, 0) is 71.6 Å². The van der Waals surface area contributed by atoms with Gasteiger partial charge >= 0.3 is 13.6 Å². The molecule has 4 rings (SSSR count). The molecule has 3 N–H and O–H groups in total. The molecule has 0 bridgehead atoms. The molecule has 0 heterocycles. The van der Waals surface area contributed by atoms with E-state index in [1.54, 1.807) is 48.5 Å². The lowest BCUT2D eigenvalue weighted by Gasteiger charge is -2.24. The molecule has 4 aromatic carbocycles. The molecule has 0 radical (unpaired) electrons. The lowest BCUT2D eigenvalue weighted by Crippen LogP contribution is -2.46. The standard InChI is InChI=1S/C33H35N2O8P/c1-40-27-12-16-29(17-13-27)42-44(39,43-30-18-14-28(41-2)15-19-30)23-35-31(33(38)34-21-20-32(36)37)22-24-8-10-26(11-9-24)25-6-4-3-5-7-25/h3-19,31,35H,20-23H2,1-2H3,(H,34,38)(H,36,37)/t31-/m0/s1. The van der Waals surface area contributed by atoms with Crippen molar-refractivity contribution in [3.8, 4) is 34.1 Å². The number of hydrogen-bond acceptors (Lipinski definition) is 8. The maximum absolute atomic E-state index is 14.2. The van der Waals surface area contributed by atoms with Gasteiger partial charge < -0.3 is 28.9 Å². The molecule has 0 saturated carbocycles. The number of carboxylic acid groups (broad SMARTS) is 1. The molecule has 44 heavy (non-hydrogen) atoms. The van der Waals surface area contributed by atoms with Crippen molar-refractivity contribution >= 4 is 19.5 Å². The van der Waals surface area contributed by atoms with E-state index in [9.17, 15) is 14.2 Å². The average molecular weight is 619 g/mol. The van der Waals surface area contributed by atoms with Gasteiger partial charge in [0.2, 0.25) is 5.91 Å². The van der Waals surface area contributed by atoms with E-state index in [0.29, 0.717) is 11.5 Å². The van der Waals surface area contributed by atoms with Gasteiger partial charge in [-0.1, -0.05) is 54.6 Å². The lowest BCUT2D eigenvalue weighted by molar-refractivity contribution is -0.137. The van der Waals surface area contributed by atoms with E-state index in [1.807, 2.05) is 54.6 Å². The molecule has 0 aromatic heterocycles. The molecule has 0 aliphatic carbocycles. The van der Waals surface area contributed by atoms with Gasteiger partial charge in [0.05, 0.1) is 26.7 Å². The number of carbonyl (C=O) groups excluding carboxylic acids is 1. The molecule has 1 atom stereocenters. The zero-order valence-electron chi connectivity index (χ0n) is 24.5. The van der Waals surface area contributed by atoms with Crippen LogP contribution in [0.25, 0.3) is 11.1 Å². The zero-order valence-corrected chi connectivity index (χ0v) is 25.4. The Bertz CT molecular complexity index is 1490. The Hall–Kier alpha value is -4.79. The summed E-state index contributed by atoms with van der Waals surface area (Å²) >= 11 is 0. The largest absolute Gasteiger partial charge is 0.497 e. The van der Waals surface area contributed by atoms with E-state index in [-0.39, 0.29) is 37.2 Å². The van der Waals surface area contributed by atoms with Crippen LogP contribution in [0.4, 0.5) is 0 Å². The Kier molecular flexibility index (Phi) is 11.4. The minimum absolute atomic E-state index is 0.0539. The number of benzene rings is 4. The van der Waals surface area contributed by atoms with Gasteiger partial charge in [0.25, 0.3) is 0 Å². The summed E-state index contributed by atoms with van der Waals surface area (Å²) in [4.78, 5) is 24.2. The molecular weight excluding hydrogens is 583 g/mol. The van der Waals surface area contributed by atoms with E-state index < -0.39 is 25.5 Å². The van der Waals surface area contributed by atoms with Gasteiger partial charge in [-0.2, -0.15) is 0 Å². The second-order valence-electron chi connectivity index (χ2n) is 9.76. The van der Waals surface area contributed by atoms with Gasteiger partial charge in [-0.15, -0.1) is 0 Å². The topological polar surface area (TPSA) is 132 Å². The number of amides is 1. The van der Waals surface area contributed by atoms with Crippen LogP contribution in [0.3, 0.4) is 0 Å². The SMILES string of the molecule is COc1ccc(OP(=O)(CN[C@@H](Cc2ccc(-c3ccccc3)cc2)C(=O)NCCC(=O)O)Oc2ccc(OC)cc2)cc1. The molecule has 10 nitrogen and oxygen atoms in total. The first-order chi connectivity index (χ1) is 21.3. The molecule has 0 saturated heterocycles. The summed E-state index contributed by atoms with van der Waals surface area (Å²) in [6, 6.07) is 29.9. The third-order valence-electron chi connectivity index (χ3n) is 6.59. The lowest BCUT2D eigenvalue weighted by atomic mass is 10.0. The summed E-state index contributed by atoms with van der Waals surface area (Å²) in [7, 11) is -0.893. The van der Waals surface area contributed by atoms with E-state index >= 15 is 0 Å². The van der Waals surface area contributed by atoms with Crippen molar-refractivity contribution in [3.05, 3.63) is 109 Å². The number of methoxy groups -OCH3 is 2. The highest BCUT2D eigenvalue weighted by Gasteiger charge is 2.31. The summed E-state index contributed by atoms with van der Waals surface area (Å²) in [5, 5.41) is 14.7. The van der Waals surface area contributed by atoms with Gasteiger partial charge in [0.15, 0.2) is 0 Å². The molecule has 0 aliphatic heterocycles. The minimum Gasteiger partial charge on any atom is -0.497 e. The van der Waals surface area contributed by atoms with Crippen LogP contribution < -0.4 is 29.2 Å². The Morgan fingerprint density at radius 1 is 0.727 bits per heavy atom. The molecule has 1 amide bonds. The third-order valence-corrected chi connectivity index (χ3v) is 8.14. The number of rotatable bonds is 16. The normalized spacial score (nSPS) is 11.7. The van der Waals surface area contributed by atoms with Crippen molar-refractivity contribution in [1.29, 1.82) is 0 Å². The highest BCUT2D eigenvalue weighted by atomic mass is 31.2. The van der Waals surface area contributed by atoms with Crippen LogP contribution in [0.1, 0.15) is 12.0 Å². The Morgan fingerprint density at radius 2 is 1.23 bits per heavy atom. The Balaban J connectivity index is 1.55. The van der Waals surface area contributed by atoms with Crippen LogP contribution in [0.5, 0.6) is 23.0 Å². The second-order valence-corrected chi connectivity index (χ2v) is 11.7. The molecular formula is C33H35N2O8P. The molecule has 0 spiro atoms. The average Bonchev–Trinajstić information content (AvgIpc) is 3.04. The Labute approximate surface area is 256 Å². The summed E-state index contributed by atoms with van der Waals surface area (Å²) < 4.78 is 36.3. The van der Waals surface area contributed by atoms with Crippen molar-refractivity contribution in [3.63, 3.8) is 0 Å². The van der Waals surface area contributed by atoms with E-state index in [0.717, 1.165) is 16.7 Å². The number of nitrogens with one attached hydrogen (secondary N) is 2. The fraction of sp³-hybridized carbons (Fsp3) is 0.212. The van der Waals surface area contributed by atoms with E-state index in [1.165, 1.54) is 14.2 Å². The predicted molar refractivity (Wildman–Crippen MR) is 167 cm³/mol. The van der Waals surface area contributed by atoms with Crippen LogP contribution in [-0.4, -0.2) is 50.1 Å². The van der Waals surface area contributed by atoms with Crippen molar-refractivity contribution in [2.24, 2.45) is 0 Å². The highest BCUT2D eigenvalue weighted by molar-refractivity contribution is 7.54. The quantitative estimate of drug-likeness (QED) is 0.134. The number of carbonyl (C=O) groups is 2. The maximum Gasteiger partial charge on any atom is 0.444 e. The van der Waals surface area contributed by atoms with Crippen LogP contribution in [0.2, 0.25) is 0 Å². The first-order valence-corrected chi connectivity index (χ1v) is 15.6. The van der Waals surface area contributed by atoms with E-state index in [2.05, 4.69) is 10.6 Å². The summed E-state index contributed by atoms with van der Waals surface area (Å²) in [5.41, 5.74) is 2.93. The van der Waals surface area contributed by atoms with Crippen molar-refractivity contribution < 1.29 is 37.8 Å². The smallest absolute Gasteiger partial charge is 0.444 e. The number of carboxylic acids is 1. The van der Waals surface area contributed by atoms with Gasteiger partial charge in [0, 0.05) is 6.54 Å².